The Morgan fingerprint density at radius 1 is 1.22 bits per heavy atom. The number of carbonyl (C=O) groups is 2. The Bertz CT molecular complexity index is 643. The molecule has 2 rings (SSSR count). The average molecular weight is 375 g/mol. The number of para-hydroxylation sites is 1. The third-order valence-corrected chi connectivity index (χ3v) is 5.21. The van der Waals surface area contributed by atoms with Crippen molar-refractivity contribution in [1.29, 1.82) is 0 Å². The van der Waals surface area contributed by atoms with E-state index in [1.165, 1.54) is 0 Å². The first-order valence-electron chi connectivity index (χ1n) is 10.0. The fraction of sp³-hybridized carbons (Fsp3) is 0.636. The van der Waals surface area contributed by atoms with Crippen LogP contribution in [0.3, 0.4) is 0 Å². The summed E-state index contributed by atoms with van der Waals surface area (Å²) in [6.07, 6.45) is 2.60. The highest BCUT2D eigenvalue weighted by atomic mass is 16.5. The van der Waals surface area contributed by atoms with Gasteiger partial charge in [0, 0.05) is 24.5 Å². The fourth-order valence-electron chi connectivity index (χ4n) is 3.35. The zero-order valence-corrected chi connectivity index (χ0v) is 17.4. The third kappa shape index (κ3) is 5.98. The second kappa shape index (κ2) is 9.25. The van der Waals surface area contributed by atoms with Crippen molar-refractivity contribution >= 4 is 11.8 Å². The second-order valence-electron chi connectivity index (χ2n) is 8.52. The van der Waals surface area contributed by atoms with E-state index in [0.29, 0.717) is 19.0 Å². The van der Waals surface area contributed by atoms with E-state index >= 15 is 0 Å². The molecule has 1 heterocycles. The van der Waals surface area contributed by atoms with Gasteiger partial charge in [0.1, 0.15) is 5.75 Å². The predicted molar refractivity (Wildman–Crippen MR) is 108 cm³/mol. The van der Waals surface area contributed by atoms with Crippen LogP contribution >= 0.6 is 0 Å². The molecule has 1 atom stereocenters. The van der Waals surface area contributed by atoms with E-state index in [4.69, 9.17) is 4.74 Å². The van der Waals surface area contributed by atoms with Crippen molar-refractivity contribution in [2.75, 3.05) is 19.7 Å². The molecule has 0 bridgehead atoms. The maximum atomic E-state index is 12.3. The van der Waals surface area contributed by atoms with E-state index in [9.17, 15) is 9.59 Å². The smallest absolute Gasteiger partial charge is 0.258 e. The molecule has 0 aromatic heterocycles. The molecule has 1 saturated heterocycles. The van der Waals surface area contributed by atoms with Crippen molar-refractivity contribution in [2.45, 2.75) is 65.8 Å². The van der Waals surface area contributed by atoms with Gasteiger partial charge in [-0.25, -0.2) is 0 Å². The maximum Gasteiger partial charge on any atom is 0.258 e. The minimum absolute atomic E-state index is 0.0224. The molecule has 0 saturated carbocycles. The molecule has 150 valence electrons. The highest BCUT2D eigenvalue weighted by Crippen LogP contribution is 2.28. The van der Waals surface area contributed by atoms with Crippen LogP contribution in [0.5, 0.6) is 5.75 Å². The van der Waals surface area contributed by atoms with Gasteiger partial charge in [-0.15, -0.1) is 0 Å². The third-order valence-electron chi connectivity index (χ3n) is 5.21. The Morgan fingerprint density at radius 3 is 2.44 bits per heavy atom. The van der Waals surface area contributed by atoms with Crippen molar-refractivity contribution in [1.82, 2.24) is 10.2 Å². The summed E-state index contributed by atoms with van der Waals surface area (Å²) in [7, 11) is 0. The highest BCUT2D eigenvalue weighted by Gasteiger charge is 2.30. The van der Waals surface area contributed by atoms with Crippen molar-refractivity contribution in [2.24, 2.45) is 5.41 Å². The fourth-order valence-corrected chi connectivity index (χ4v) is 3.35. The number of amides is 2. The zero-order chi connectivity index (χ0) is 20.0. The first-order valence-corrected chi connectivity index (χ1v) is 10.0. The lowest BCUT2D eigenvalue weighted by atomic mass is 9.93. The number of nitrogens with zero attached hydrogens (tertiary/aromatic N) is 1. The molecule has 1 aliphatic rings. The topological polar surface area (TPSA) is 58.6 Å². The quantitative estimate of drug-likeness (QED) is 0.825. The molecule has 5 nitrogen and oxygen atoms in total. The number of benzene rings is 1. The molecular weight excluding hydrogens is 340 g/mol. The van der Waals surface area contributed by atoms with Gasteiger partial charge < -0.3 is 15.0 Å². The van der Waals surface area contributed by atoms with Crippen LogP contribution in [0.4, 0.5) is 0 Å². The molecule has 1 aromatic rings. The Labute approximate surface area is 163 Å². The standard InChI is InChI=1S/C22H34N2O3/c1-6-16(2)18-9-7-8-10-19(18)27-15-20(25)23-17-11-13-24(14-12-17)21(26)22(3,4)5/h7-10,16-17H,6,11-15H2,1-5H3,(H,23,25). The summed E-state index contributed by atoms with van der Waals surface area (Å²) in [5, 5.41) is 3.05. The molecule has 27 heavy (non-hydrogen) atoms. The van der Waals surface area contributed by atoms with Gasteiger partial charge in [-0.3, -0.25) is 9.59 Å². The van der Waals surface area contributed by atoms with Crippen molar-refractivity contribution in [3.63, 3.8) is 0 Å². The van der Waals surface area contributed by atoms with E-state index in [0.717, 1.165) is 30.6 Å². The lowest BCUT2D eigenvalue weighted by Gasteiger charge is -2.36. The minimum atomic E-state index is -0.354. The van der Waals surface area contributed by atoms with E-state index in [2.05, 4.69) is 25.2 Å². The van der Waals surface area contributed by atoms with Crippen LogP contribution in [-0.2, 0) is 9.59 Å². The van der Waals surface area contributed by atoms with Gasteiger partial charge in [0.05, 0.1) is 0 Å². The first kappa shape index (κ1) is 21.3. The molecule has 1 aromatic carbocycles. The number of piperidine rings is 1. The Balaban J connectivity index is 1.80. The lowest BCUT2D eigenvalue weighted by Crippen LogP contribution is -2.49. The Morgan fingerprint density at radius 2 is 1.85 bits per heavy atom. The van der Waals surface area contributed by atoms with Crippen LogP contribution in [0.15, 0.2) is 24.3 Å². The molecule has 1 aliphatic heterocycles. The summed E-state index contributed by atoms with van der Waals surface area (Å²) in [5.74, 6) is 1.26. The second-order valence-corrected chi connectivity index (χ2v) is 8.52. The zero-order valence-electron chi connectivity index (χ0n) is 17.4. The number of likely N-dealkylation sites (tertiary alicyclic amines) is 1. The van der Waals surface area contributed by atoms with Crippen LogP contribution in [0.1, 0.15) is 65.4 Å². The molecule has 2 amide bonds. The van der Waals surface area contributed by atoms with Gasteiger partial charge in [0.25, 0.3) is 5.91 Å². The summed E-state index contributed by atoms with van der Waals surface area (Å²) < 4.78 is 5.79. The Kier molecular flexibility index (Phi) is 7.28. The average Bonchev–Trinajstić information content (AvgIpc) is 2.65. The molecule has 0 spiro atoms. The number of rotatable bonds is 6. The Hall–Kier alpha value is -2.04. The molecular formula is C22H34N2O3. The number of carbonyl (C=O) groups excluding carboxylic acids is 2. The largest absolute Gasteiger partial charge is 0.483 e. The van der Waals surface area contributed by atoms with Gasteiger partial charge in [-0.05, 0) is 36.8 Å². The number of hydrogen-bond acceptors (Lipinski definition) is 3. The van der Waals surface area contributed by atoms with Crippen molar-refractivity contribution in [3.05, 3.63) is 29.8 Å². The summed E-state index contributed by atoms with van der Waals surface area (Å²) in [6.45, 7) is 11.5. The maximum absolute atomic E-state index is 12.3. The predicted octanol–water partition coefficient (Wildman–Crippen LogP) is 3.73. The van der Waals surface area contributed by atoms with Gasteiger partial charge in [-0.2, -0.15) is 0 Å². The summed E-state index contributed by atoms with van der Waals surface area (Å²) in [6, 6.07) is 8.02. The summed E-state index contributed by atoms with van der Waals surface area (Å²) in [4.78, 5) is 26.5. The van der Waals surface area contributed by atoms with Crippen LogP contribution in [0.25, 0.3) is 0 Å². The number of nitrogens with one attached hydrogen (secondary N) is 1. The molecule has 5 heteroatoms. The molecule has 1 unspecified atom stereocenters. The SMILES string of the molecule is CCC(C)c1ccccc1OCC(=O)NC1CCN(C(=O)C(C)(C)C)CC1. The van der Waals surface area contributed by atoms with Gasteiger partial charge in [0.15, 0.2) is 6.61 Å². The monoisotopic (exact) mass is 374 g/mol. The van der Waals surface area contributed by atoms with Gasteiger partial charge in [-0.1, -0.05) is 52.8 Å². The van der Waals surface area contributed by atoms with Crippen LogP contribution < -0.4 is 10.1 Å². The van der Waals surface area contributed by atoms with Crippen LogP contribution in [0.2, 0.25) is 0 Å². The molecule has 1 N–H and O–H groups in total. The van der Waals surface area contributed by atoms with Crippen LogP contribution in [0, 0.1) is 5.41 Å². The minimum Gasteiger partial charge on any atom is -0.483 e. The normalized spacial score (nSPS) is 16.7. The summed E-state index contributed by atoms with van der Waals surface area (Å²) in [5.41, 5.74) is 0.786. The van der Waals surface area contributed by atoms with Crippen molar-refractivity contribution in [3.8, 4) is 5.75 Å². The van der Waals surface area contributed by atoms with Gasteiger partial charge in [0.2, 0.25) is 5.91 Å². The molecule has 0 aliphatic carbocycles. The molecule has 0 radical (unpaired) electrons. The number of hydrogen-bond donors (Lipinski definition) is 1. The van der Waals surface area contributed by atoms with Gasteiger partial charge >= 0.3 is 0 Å². The van der Waals surface area contributed by atoms with E-state index in [1.807, 2.05) is 43.9 Å². The van der Waals surface area contributed by atoms with Crippen LogP contribution in [-0.4, -0.2) is 42.5 Å². The first-order chi connectivity index (χ1) is 12.7. The van der Waals surface area contributed by atoms with E-state index in [1.54, 1.807) is 0 Å². The molecule has 1 fully saturated rings. The van der Waals surface area contributed by atoms with E-state index < -0.39 is 0 Å². The number of ether oxygens (including phenoxy) is 1. The summed E-state index contributed by atoms with van der Waals surface area (Å²) >= 11 is 0. The lowest BCUT2D eigenvalue weighted by molar-refractivity contribution is -0.140. The van der Waals surface area contributed by atoms with E-state index in [-0.39, 0.29) is 29.9 Å². The highest BCUT2D eigenvalue weighted by molar-refractivity contribution is 5.81. The van der Waals surface area contributed by atoms with Crippen molar-refractivity contribution < 1.29 is 14.3 Å².